The van der Waals surface area contributed by atoms with Gasteiger partial charge in [-0.25, -0.2) is 0 Å². The van der Waals surface area contributed by atoms with Crippen molar-refractivity contribution in [3.05, 3.63) is 17.5 Å². The number of nitrogens with one attached hydrogen (secondary N) is 1. The zero-order valence-corrected chi connectivity index (χ0v) is 10.9. The van der Waals surface area contributed by atoms with E-state index in [4.69, 9.17) is 5.11 Å². The lowest BCUT2D eigenvalue weighted by Crippen LogP contribution is -2.42. The molecule has 1 atom stereocenters. The monoisotopic (exact) mass is 252 g/mol. The molecule has 2 heterocycles. The summed E-state index contributed by atoms with van der Waals surface area (Å²) in [6, 6.07) is -0.139. The normalized spacial score (nSPS) is 16.6. The van der Waals surface area contributed by atoms with Crippen LogP contribution in [0.1, 0.15) is 25.1 Å². The molecule has 6 nitrogen and oxygen atoms in total. The first kappa shape index (κ1) is 13.0. The minimum atomic E-state index is -0.139. The van der Waals surface area contributed by atoms with Gasteiger partial charge in [-0.3, -0.25) is 14.4 Å². The Hall–Kier alpha value is -1.40. The molecular weight excluding hydrogens is 232 g/mol. The van der Waals surface area contributed by atoms with E-state index >= 15 is 0 Å². The van der Waals surface area contributed by atoms with Gasteiger partial charge in [0, 0.05) is 25.2 Å². The molecule has 1 amide bonds. The highest BCUT2D eigenvalue weighted by Crippen LogP contribution is 2.24. The van der Waals surface area contributed by atoms with Gasteiger partial charge < -0.3 is 10.4 Å². The van der Waals surface area contributed by atoms with Crippen molar-refractivity contribution in [2.45, 2.75) is 39.5 Å². The number of aliphatic hydroxyl groups is 1. The van der Waals surface area contributed by atoms with E-state index in [9.17, 15) is 4.79 Å². The summed E-state index contributed by atoms with van der Waals surface area (Å²) in [5.74, 6) is 0.0596. The number of aromatic nitrogens is 2. The second-order valence-electron chi connectivity index (χ2n) is 4.54. The van der Waals surface area contributed by atoms with E-state index in [0.717, 1.165) is 17.8 Å². The molecule has 0 saturated heterocycles. The van der Waals surface area contributed by atoms with Crippen molar-refractivity contribution < 1.29 is 9.90 Å². The van der Waals surface area contributed by atoms with Crippen molar-refractivity contribution in [1.29, 1.82) is 0 Å². The van der Waals surface area contributed by atoms with Gasteiger partial charge in [-0.05, 0) is 13.8 Å². The predicted molar refractivity (Wildman–Crippen MR) is 66.7 cm³/mol. The lowest BCUT2D eigenvalue weighted by molar-refractivity contribution is -0.126. The maximum atomic E-state index is 11.8. The maximum absolute atomic E-state index is 11.8. The molecule has 0 unspecified atom stereocenters. The van der Waals surface area contributed by atoms with E-state index in [1.165, 1.54) is 0 Å². The van der Waals surface area contributed by atoms with Crippen molar-refractivity contribution in [2.75, 3.05) is 13.2 Å². The molecule has 1 aliphatic heterocycles. The molecule has 2 N–H and O–H groups in total. The Labute approximate surface area is 107 Å². The Balaban J connectivity index is 2.03. The van der Waals surface area contributed by atoms with E-state index in [-0.39, 0.29) is 18.6 Å². The minimum absolute atomic E-state index is 0.0596. The van der Waals surface area contributed by atoms with Crippen LogP contribution in [0, 0.1) is 0 Å². The van der Waals surface area contributed by atoms with E-state index in [1.807, 2.05) is 24.7 Å². The molecule has 2 rings (SSSR count). The number of aliphatic hydroxyl groups excluding tert-OH is 1. The largest absolute Gasteiger partial charge is 0.394 e. The molecule has 6 heteroatoms. The first-order valence-electron chi connectivity index (χ1n) is 6.33. The van der Waals surface area contributed by atoms with Gasteiger partial charge in [-0.1, -0.05) is 0 Å². The highest BCUT2D eigenvalue weighted by atomic mass is 16.3. The predicted octanol–water partition coefficient (Wildman–Crippen LogP) is -0.284. The van der Waals surface area contributed by atoms with Gasteiger partial charge in [0.15, 0.2) is 0 Å². The molecule has 1 aromatic heterocycles. The average Bonchev–Trinajstić information content (AvgIpc) is 2.91. The number of amides is 1. The highest BCUT2D eigenvalue weighted by molar-refractivity contribution is 5.81. The molecule has 0 spiro atoms. The van der Waals surface area contributed by atoms with Crippen LogP contribution in [0.15, 0.2) is 6.20 Å². The van der Waals surface area contributed by atoms with Crippen LogP contribution < -0.4 is 5.32 Å². The average molecular weight is 252 g/mol. The third kappa shape index (κ3) is 2.39. The second kappa shape index (κ2) is 5.49. The fraction of sp³-hybridized carbons (Fsp3) is 0.667. The Kier molecular flexibility index (Phi) is 3.98. The Morgan fingerprint density at radius 2 is 2.39 bits per heavy atom. The number of nitrogens with zero attached hydrogens (tertiary/aromatic N) is 3. The lowest BCUT2D eigenvalue weighted by Gasteiger charge is -2.22. The number of carbonyl (C=O) groups is 1. The molecular formula is C12H20N4O2. The fourth-order valence-corrected chi connectivity index (χ4v) is 2.28. The Morgan fingerprint density at radius 3 is 3.06 bits per heavy atom. The van der Waals surface area contributed by atoms with Crippen LogP contribution in [-0.4, -0.2) is 44.9 Å². The third-order valence-corrected chi connectivity index (χ3v) is 3.35. The molecule has 0 aliphatic carbocycles. The van der Waals surface area contributed by atoms with E-state index in [0.29, 0.717) is 19.6 Å². The molecule has 18 heavy (non-hydrogen) atoms. The summed E-state index contributed by atoms with van der Waals surface area (Å²) in [4.78, 5) is 13.9. The van der Waals surface area contributed by atoms with E-state index in [2.05, 4.69) is 15.3 Å². The Morgan fingerprint density at radius 1 is 1.61 bits per heavy atom. The molecule has 100 valence electrons. The van der Waals surface area contributed by atoms with Gasteiger partial charge in [0.2, 0.25) is 5.91 Å². The summed E-state index contributed by atoms with van der Waals surface area (Å²) < 4.78 is 1.82. The zero-order chi connectivity index (χ0) is 13.1. The molecule has 0 saturated carbocycles. The van der Waals surface area contributed by atoms with Crippen LogP contribution in [0.3, 0.4) is 0 Å². The fourth-order valence-electron chi connectivity index (χ4n) is 2.28. The smallest absolute Gasteiger partial charge is 0.237 e. The van der Waals surface area contributed by atoms with Gasteiger partial charge >= 0.3 is 0 Å². The summed E-state index contributed by atoms with van der Waals surface area (Å²) in [7, 11) is 0. The molecule has 0 radical (unpaired) electrons. The summed E-state index contributed by atoms with van der Waals surface area (Å²) in [6.07, 6.45) is 1.83. The van der Waals surface area contributed by atoms with Crippen LogP contribution in [0.4, 0.5) is 0 Å². The maximum Gasteiger partial charge on any atom is 0.237 e. The topological polar surface area (TPSA) is 70.4 Å². The summed E-state index contributed by atoms with van der Waals surface area (Å²) in [5.41, 5.74) is 2.26. The second-order valence-corrected chi connectivity index (χ2v) is 4.54. The van der Waals surface area contributed by atoms with Gasteiger partial charge in [0.25, 0.3) is 0 Å². The van der Waals surface area contributed by atoms with Gasteiger partial charge in [-0.2, -0.15) is 5.10 Å². The Bertz CT molecular complexity index is 430. The van der Waals surface area contributed by atoms with Crippen molar-refractivity contribution >= 4 is 5.91 Å². The van der Waals surface area contributed by atoms with Gasteiger partial charge in [0.05, 0.1) is 31.1 Å². The third-order valence-electron chi connectivity index (χ3n) is 3.35. The number of hydrogen-bond acceptors (Lipinski definition) is 4. The first-order valence-corrected chi connectivity index (χ1v) is 6.33. The minimum Gasteiger partial charge on any atom is -0.394 e. The van der Waals surface area contributed by atoms with Crippen LogP contribution in [0.5, 0.6) is 0 Å². The quantitative estimate of drug-likeness (QED) is 0.756. The molecule has 0 bridgehead atoms. The number of carbonyl (C=O) groups excluding carboxylic acids is 1. The SMILES string of the molecule is CCNC(=O)[C@H](C)N1Cc2cnn(CCO)c2C1. The number of rotatable bonds is 5. The summed E-state index contributed by atoms with van der Waals surface area (Å²) >= 11 is 0. The standard InChI is InChI=1S/C12H20N4O2/c1-3-13-12(18)9(2)15-7-10-6-14-16(4-5-17)11(10)8-15/h6,9,17H,3-5,7-8H2,1-2H3,(H,13,18)/t9-/m0/s1. The molecule has 0 aromatic carbocycles. The molecule has 1 aromatic rings. The lowest BCUT2D eigenvalue weighted by atomic mass is 10.2. The summed E-state index contributed by atoms with van der Waals surface area (Å²) in [6.45, 7) is 6.55. The number of hydrogen-bond donors (Lipinski definition) is 2. The van der Waals surface area contributed by atoms with Crippen molar-refractivity contribution in [2.24, 2.45) is 0 Å². The van der Waals surface area contributed by atoms with Crippen LogP contribution in [0.25, 0.3) is 0 Å². The van der Waals surface area contributed by atoms with Gasteiger partial charge in [-0.15, -0.1) is 0 Å². The van der Waals surface area contributed by atoms with Crippen LogP contribution in [0.2, 0.25) is 0 Å². The van der Waals surface area contributed by atoms with Crippen molar-refractivity contribution in [3.8, 4) is 0 Å². The highest BCUT2D eigenvalue weighted by Gasteiger charge is 2.29. The van der Waals surface area contributed by atoms with E-state index in [1.54, 1.807) is 0 Å². The van der Waals surface area contributed by atoms with Crippen LogP contribution >= 0.6 is 0 Å². The first-order chi connectivity index (χ1) is 8.67. The number of fused-ring (bicyclic) bond motifs is 1. The summed E-state index contributed by atoms with van der Waals surface area (Å²) in [5, 5.41) is 16.0. The molecule has 0 fully saturated rings. The van der Waals surface area contributed by atoms with E-state index < -0.39 is 0 Å². The van der Waals surface area contributed by atoms with Crippen molar-refractivity contribution in [1.82, 2.24) is 20.0 Å². The molecule has 1 aliphatic rings. The zero-order valence-electron chi connectivity index (χ0n) is 10.9. The van der Waals surface area contributed by atoms with Crippen LogP contribution in [-0.2, 0) is 24.4 Å². The number of likely N-dealkylation sites (N-methyl/N-ethyl adjacent to an activating group) is 1. The van der Waals surface area contributed by atoms with Gasteiger partial charge in [0.1, 0.15) is 0 Å². The van der Waals surface area contributed by atoms with Crippen molar-refractivity contribution in [3.63, 3.8) is 0 Å².